The lowest BCUT2D eigenvalue weighted by Crippen LogP contribution is -2.19. The molecule has 0 amide bonds. The van der Waals surface area contributed by atoms with Crippen LogP contribution in [-0.4, -0.2) is 17.7 Å². The molecular formula is C18H20ClF2NO3. The average molecular weight is 372 g/mol. The number of aromatic hydroxyl groups is 1. The van der Waals surface area contributed by atoms with Crippen LogP contribution in [0, 0.1) is 18.6 Å². The number of phenols is 1. The molecule has 25 heavy (non-hydrogen) atoms. The van der Waals surface area contributed by atoms with Crippen LogP contribution in [0.4, 0.5) is 8.78 Å². The Kier molecular flexibility index (Phi) is 7.33. The van der Waals surface area contributed by atoms with Gasteiger partial charge in [-0.1, -0.05) is 12.1 Å². The van der Waals surface area contributed by atoms with Crippen LogP contribution in [0.15, 0.2) is 30.3 Å². The Bertz CT molecular complexity index is 748. The summed E-state index contributed by atoms with van der Waals surface area (Å²) < 4.78 is 32.9. The molecule has 0 radical (unpaired) electrons. The minimum Gasteiger partial charge on any atom is -0.507 e. The largest absolute Gasteiger partial charge is 0.507 e. The molecule has 2 aromatic rings. The van der Waals surface area contributed by atoms with Crippen molar-refractivity contribution in [2.45, 2.75) is 26.3 Å². The fraction of sp³-hybridized carbons (Fsp3) is 0.278. The predicted octanol–water partition coefficient (Wildman–Crippen LogP) is 4.02. The predicted molar refractivity (Wildman–Crippen MR) is 93.6 cm³/mol. The molecule has 4 nitrogen and oxygen atoms in total. The number of hydrogen-bond acceptors (Lipinski definition) is 4. The van der Waals surface area contributed by atoms with E-state index in [4.69, 9.17) is 10.5 Å². The second-order valence-electron chi connectivity index (χ2n) is 5.45. The average Bonchev–Trinajstić information content (AvgIpc) is 2.50. The van der Waals surface area contributed by atoms with Crippen LogP contribution in [0.25, 0.3) is 11.1 Å². The van der Waals surface area contributed by atoms with E-state index in [2.05, 4.69) is 0 Å². The summed E-state index contributed by atoms with van der Waals surface area (Å²) in [6, 6.07) is 6.16. The van der Waals surface area contributed by atoms with Crippen molar-refractivity contribution in [1.29, 1.82) is 0 Å². The van der Waals surface area contributed by atoms with Gasteiger partial charge in [0.1, 0.15) is 5.75 Å². The second-order valence-corrected chi connectivity index (χ2v) is 5.45. The Morgan fingerprint density at radius 3 is 2.60 bits per heavy atom. The monoisotopic (exact) mass is 371 g/mol. The molecule has 0 spiro atoms. The van der Waals surface area contributed by atoms with E-state index in [1.807, 2.05) is 0 Å². The third-order valence-electron chi connectivity index (χ3n) is 3.69. The molecule has 2 aromatic carbocycles. The van der Waals surface area contributed by atoms with Gasteiger partial charge in [0.05, 0.1) is 13.0 Å². The first-order valence-electron chi connectivity index (χ1n) is 7.54. The number of esters is 1. The molecule has 0 bridgehead atoms. The highest BCUT2D eigenvalue weighted by Gasteiger charge is 2.21. The van der Waals surface area contributed by atoms with Gasteiger partial charge in [0.25, 0.3) is 0 Å². The van der Waals surface area contributed by atoms with Crippen molar-refractivity contribution in [3.05, 3.63) is 53.1 Å². The third kappa shape index (κ3) is 4.67. The number of benzene rings is 2. The van der Waals surface area contributed by atoms with Crippen LogP contribution in [0.5, 0.6) is 5.75 Å². The maximum Gasteiger partial charge on any atom is 0.307 e. The number of ether oxygens (including phenoxy) is 1. The van der Waals surface area contributed by atoms with Crippen LogP contribution in [0.1, 0.15) is 30.5 Å². The molecule has 7 heteroatoms. The summed E-state index contributed by atoms with van der Waals surface area (Å²) in [4.78, 5) is 11.5. The van der Waals surface area contributed by atoms with Crippen molar-refractivity contribution in [1.82, 2.24) is 0 Å². The number of hydrogen-bond donors (Lipinski definition) is 2. The molecule has 136 valence electrons. The van der Waals surface area contributed by atoms with E-state index in [9.17, 15) is 18.7 Å². The van der Waals surface area contributed by atoms with Crippen LogP contribution < -0.4 is 5.73 Å². The van der Waals surface area contributed by atoms with Gasteiger partial charge in [-0.05, 0) is 43.2 Å². The molecule has 0 heterocycles. The molecule has 0 fully saturated rings. The summed E-state index contributed by atoms with van der Waals surface area (Å²) in [5, 5.41) is 10.0. The first-order valence-corrected chi connectivity index (χ1v) is 7.54. The fourth-order valence-corrected chi connectivity index (χ4v) is 2.56. The highest BCUT2D eigenvalue weighted by Crippen LogP contribution is 2.35. The molecular weight excluding hydrogens is 352 g/mol. The zero-order valence-corrected chi connectivity index (χ0v) is 14.7. The van der Waals surface area contributed by atoms with Gasteiger partial charge in [0, 0.05) is 17.2 Å². The molecule has 2 rings (SSSR count). The maximum atomic E-state index is 14.1. The van der Waals surface area contributed by atoms with Crippen molar-refractivity contribution in [2.24, 2.45) is 5.73 Å². The fourth-order valence-electron chi connectivity index (χ4n) is 2.56. The summed E-state index contributed by atoms with van der Waals surface area (Å²) in [7, 11) is 0. The highest BCUT2D eigenvalue weighted by atomic mass is 35.5. The van der Waals surface area contributed by atoms with Gasteiger partial charge in [0.15, 0.2) is 11.6 Å². The molecule has 0 saturated carbocycles. The number of carbonyl (C=O) groups is 1. The first kappa shape index (κ1) is 20.9. The van der Waals surface area contributed by atoms with E-state index in [1.54, 1.807) is 26.0 Å². The van der Waals surface area contributed by atoms with E-state index in [1.165, 1.54) is 12.1 Å². The minimum absolute atomic E-state index is 0. The molecule has 0 aliphatic rings. The Labute approximate surface area is 151 Å². The molecule has 3 N–H and O–H groups in total. The quantitative estimate of drug-likeness (QED) is 0.778. The van der Waals surface area contributed by atoms with Gasteiger partial charge in [-0.3, -0.25) is 4.79 Å². The summed E-state index contributed by atoms with van der Waals surface area (Å²) in [6.07, 6.45) is -0.270. The van der Waals surface area contributed by atoms with Crippen LogP contribution in [0.2, 0.25) is 0 Å². The van der Waals surface area contributed by atoms with Crippen molar-refractivity contribution >= 4 is 18.4 Å². The SMILES string of the molecule is CCOC(=O)C[C@H](N)c1cc(-c2c(C)cccc2O)cc(F)c1F.Cl. The summed E-state index contributed by atoms with van der Waals surface area (Å²) in [5.41, 5.74) is 7.09. The number of carbonyl (C=O) groups excluding carboxylic acids is 1. The van der Waals surface area contributed by atoms with Gasteiger partial charge in [0.2, 0.25) is 0 Å². The van der Waals surface area contributed by atoms with Crippen LogP contribution >= 0.6 is 12.4 Å². The lowest BCUT2D eigenvalue weighted by Gasteiger charge is -2.16. The lowest BCUT2D eigenvalue weighted by molar-refractivity contribution is -0.143. The zero-order valence-electron chi connectivity index (χ0n) is 13.9. The molecule has 1 atom stereocenters. The Hall–Kier alpha value is -2.18. The first-order chi connectivity index (χ1) is 11.3. The lowest BCUT2D eigenvalue weighted by atomic mass is 9.94. The maximum absolute atomic E-state index is 14.1. The topological polar surface area (TPSA) is 72.5 Å². The normalized spacial score (nSPS) is 11.6. The Morgan fingerprint density at radius 1 is 1.32 bits per heavy atom. The molecule has 0 aliphatic heterocycles. The van der Waals surface area contributed by atoms with E-state index >= 15 is 0 Å². The number of halogens is 3. The number of nitrogens with two attached hydrogens (primary N) is 1. The Morgan fingerprint density at radius 2 is 2.00 bits per heavy atom. The van der Waals surface area contributed by atoms with E-state index in [0.717, 1.165) is 6.07 Å². The van der Waals surface area contributed by atoms with Gasteiger partial charge in [-0.2, -0.15) is 0 Å². The minimum atomic E-state index is -1.11. The molecule has 0 unspecified atom stereocenters. The van der Waals surface area contributed by atoms with Crippen molar-refractivity contribution in [2.75, 3.05) is 6.61 Å². The van der Waals surface area contributed by atoms with Gasteiger partial charge >= 0.3 is 5.97 Å². The van der Waals surface area contributed by atoms with Crippen molar-refractivity contribution in [3.8, 4) is 16.9 Å². The number of phenolic OH excluding ortho intramolecular Hbond substituents is 1. The van der Waals surface area contributed by atoms with E-state index in [0.29, 0.717) is 16.7 Å². The summed E-state index contributed by atoms with van der Waals surface area (Å²) in [5.74, 6) is -2.84. The second kappa shape index (κ2) is 8.78. The smallest absolute Gasteiger partial charge is 0.307 e. The molecule has 0 aromatic heterocycles. The number of aryl methyl sites for hydroxylation is 1. The highest BCUT2D eigenvalue weighted by molar-refractivity contribution is 5.85. The summed E-state index contributed by atoms with van der Waals surface area (Å²) in [6.45, 7) is 3.57. The molecule has 0 saturated heterocycles. The summed E-state index contributed by atoms with van der Waals surface area (Å²) >= 11 is 0. The third-order valence-corrected chi connectivity index (χ3v) is 3.69. The zero-order chi connectivity index (χ0) is 17.9. The standard InChI is InChI=1S/C18H19F2NO3.ClH/c1-3-24-16(23)9-14(21)12-7-11(8-13(19)18(12)20)17-10(2)5-4-6-15(17)22;/h4-8,14,22H,3,9,21H2,1-2H3;1H/t14-;/m0./s1. The van der Waals surface area contributed by atoms with Gasteiger partial charge in [-0.15, -0.1) is 12.4 Å². The number of rotatable bonds is 5. The van der Waals surface area contributed by atoms with E-state index < -0.39 is 23.6 Å². The van der Waals surface area contributed by atoms with Gasteiger partial charge in [-0.25, -0.2) is 8.78 Å². The Balaban J connectivity index is 0.00000312. The van der Waals surface area contributed by atoms with Crippen molar-refractivity contribution < 1.29 is 23.4 Å². The van der Waals surface area contributed by atoms with Gasteiger partial charge < -0.3 is 15.6 Å². The van der Waals surface area contributed by atoms with Crippen LogP contribution in [-0.2, 0) is 9.53 Å². The molecule has 0 aliphatic carbocycles. The van der Waals surface area contributed by atoms with Crippen LogP contribution in [0.3, 0.4) is 0 Å². The van der Waals surface area contributed by atoms with E-state index in [-0.39, 0.29) is 36.7 Å². The van der Waals surface area contributed by atoms with Crippen molar-refractivity contribution in [3.63, 3.8) is 0 Å².